The van der Waals surface area contributed by atoms with Gasteiger partial charge in [0, 0.05) is 17.4 Å². The Morgan fingerprint density at radius 2 is 1.82 bits per heavy atom. The lowest BCUT2D eigenvalue weighted by Gasteiger charge is -2.12. The van der Waals surface area contributed by atoms with Crippen LogP contribution in [0.3, 0.4) is 0 Å². The summed E-state index contributed by atoms with van der Waals surface area (Å²) >= 11 is 0. The highest BCUT2D eigenvalue weighted by molar-refractivity contribution is 6.07. The van der Waals surface area contributed by atoms with E-state index in [-0.39, 0.29) is 12.2 Å². The lowest BCUT2D eigenvalue weighted by Crippen LogP contribution is -2.11. The largest absolute Gasteiger partial charge is 0.477 e. The third kappa shape index (κ3) is 3.05. The molecule has 7 heteroatoms. The first-order valence-electron chi connectivity index (χ1n) is 8.41. The summed E-state index contributed by atoms with van der Waals surface area (Å²) in [5.41, 5.74) is 0.547. The fourth-order valence-electron chi connectivity index (χ4n) is 3.39. The Morgan fingerprint density at radius 1 is 1.04 bits per heavy atom. The summed E-state index contributed by atoms with van der Waals surface area (Å²) in [6, 6.07) is 15.2. The fraction of sp³-hybridized carbons (Fsp3) is 0.0952. The van der Waals surface area contributed by atoms with Crippen LogP contribution in [0.25, 0.3) is 22.2 Å². The van der Waals surface area contributed by atoms with Gasteiger partial charge < -0.3 is 14.1 Å². The van der Waals surface area contributed by atoms with Crippen molar-refractivity contribution in [3.8, 4) is 11.3 Å². The maximum Gasteiger partial charge on any atom is 0.416 e. The molecule has 4 nitrogen and oxygen atoms in total. The van der Waals surface area contributed by atoms with Gasteiger partial charge in [0.05, 0.1) is 17.4 Å². The summed E-state index contributed by atoms with van der Waals surface area (Å²) in [6.45, 7) is -0.0211. The molecule has 0 aliphatic heterocycles. The second-order valence-electron chi connectivity index (χ2n) is 6.31. The summed E-state index contributed by atoms with van der Waals surface area (Å²) in [4.78, 5) is 12.1. The van der Waals surface area contributed by atoms with Gasteiger partial charge in [0.25, 0.3) is 0 Å². The highest BCUT2D eigenvalue weighted by Gasteiger charge is 2.31. The molecule has 0 saturated heterocycles. The SMILES string of the molecule is O=C(O)c1c(-c2ccco2)c2ccccc2n1Cc1cccc(C(F)(F)F)c1. The monoisotopic (exact) mass is 385 g/mol. The molecule has 2 aromatic carbocycles. The number of furan rings is 1. The number of fused-ring (bicyclic) bond motifs is 1. The van der Waals surface area contributed by atoms with Gasteiger partial charge in [-0.3, -0.25) is 0 Å². The van der Waals surface area contributed by atoms with Crippen LogP contribution in [0.15, 0.2) is 71.3 Å². The zero-order valence-corrected chi connectivity index (χ0v) is 14.4. The van der Waals surface area contributed by atoms with Gasteiger partial charge >= 0.3 is 12.1 Å². The zero-order chi connectivity index (χ0) is 19.9. The zero-order valence-electron chi connectivity index (χ0n) is 14.4. The van der Waals surface area contributed by atoms with Gasteiger partial charge in [-0.15, -0.1) is 0 Å². The van der Waals surface area contributed by atoms with E-state index in [9.17, 15) is 23.1 Å². The number of hydrogen-bond acceptors (Lipinski definition) is 2. The molecule has 0 aliphatic carbocycles. The predicted molar refractivity (Wildman–Crippen MR) is 97.1 cm³/mol. The number of halogens is 3. The van der Waals surface area contributed by atoms with Crippen LogP contribution in [0.1, 0.15) is 21.6 Å². The van der Waals surface area contributed by atoms with Crippen molar-refractivity contribution in [3.63, 3.8) is 0 Å². The van der Waals surface area contributed by atoms with Crippen LogP contribution in [-0.4, -0.2) is 15.6 Å². The van der Waals surface area contributed by atoms with Crippen LogP contribution in [0.2, 0.25) is 0 Å². The Balaban J connectivity index is 1.93. The van der Waals surface area contributed by atoms with Gasteiger partial charge in [-0.25, -0.2) is 4.79 Å². The lowest BCUT2D eigenvalue weighted by atomic mass is 10.1. The van der Waals surface area contributed by atoms with Crippen LogP contribution < -0.4 is 0 Å². The van der Waals surface area contributed by atoms with Crippen LogP contribution >= 0.6 is 0 Å². The summed E-state index contributed by atoms with van der Waals surface area (Å²) in [5.74, 6) is -0.800. The van der Waals surface area contributed by atoms with Crippen molar-refractivity contribution < 1.29 is 27.5 Å². The molecule has 0 saturated carbocycles. The van der Waals surface area contributed by atoms with Crippen LogP contribution in [0.4, 0.5) is 13.2 Å². The summed E-state index contributed by atoms with van der Waals surface area (Å²) < 4.78 is 46.1. The van der Waals surface area contributed by atoms with E-state index < -0.39 is 17.7 Å². The van der Waals surface area contributed by atoms with Crippen molar-refractivity contribution >= 4 is 16.9 Å². The molecule has 0 amide bonds. The first kappa shape index (κ1) is 17.9. The first-order chi connectivity index (χ1) is 13.4. The average Bonchev–Trinajstić information content (AvgIpc) is 3.28. The third-order valence-electron chi connectivity index (χ3n) is 4.54. The summed E-state index contributed by atoms with van der Waals surface area (Å²) in [7, 11) is 0. The molecule has 0 unspecified atom stereocenters. The number of aromatic nitrogens is 1. The molecule has 1 N–H and O–H groups in total. The number of carbonyl (C=O) groups is 1. The van der Waals surface area contributed by atoms with Gasteiger partial charge in [-0.05, 0) is 35.9 Å². The highest BCUT2D eigenvalue weighted by atomic mass is 19.4. The van der Waals surface area contributed by atoms with Crippen molar-refractivity contribution in [3.05, 3.63) is 83.7 Å². The first-order valence-corrected chi connectivity index (χ1v) is 8.41. The van der Waals surface area contributed by atoms with E-state index in [1.54, 1.807) is 42.5 Å². The van der Waals surface area contributed by atoms with E-state index in [2.05, 4.69) is 0 Å². The van der Waals surface area contributed by atoms with Crippen molar-refractivity contribution in [2.75, 3.05) is 0 Å². The second kappa shape index (κ2) is 6.60. The smallest absolute Gasteiger partial charge is 0.416 e. The second-order valence-corrected chi connectivity index (χ2v) is 6.31. The Kier molecular flexibility index (Phi) is 4.22. The van der Waals surface area contributed by atoms with E-state index in [1.165, 1.54) is 16.9 Å². The molecule has 4 rings (SSSR count). The number of carboxylic acid groups (broad SMARTS) is 1. The summed E-state index contributed by atoms with van der Waals surface area (Å²) in [6.07, 6.45) is -3.02. The maximum atomic E-state index is 13.0. The molecule has 0 spiro atoms. The fourth-order valence-corrected chi connectivity index (χ4v) is 3.39. The quantitative estimate of drug-likeness (QED) is 0.493. The number of aromatic carboxylic acids is 1. The molecule has 0 atom stereocenters. The highest BCUT2D eigenvalue weighted by Crippen LogP contribution is 2.36. The Hall–Kier alpha value is -3.48. The molecule has 4 aromatic rings. The van der Waals surface area contributed by atoms with Crippen molar-refractivity contribution in [2.45, 2.75) is 12.7 Å². The Labute approximate surface area is 157 Å². The minimum atomic E-state index is -4.47. The van der Waals surface area contributed by atoms with Gasteiger partial charge in [0.15, 0.2) is 0 Å². The molecule has 2 heterocycles. The average molecular weight is 385 g/mol. The van der Waals surface area contributed by atoms with E-state index >= 15 is 0 Å². The molecule has 2 aromatic heterocycles. The molecule has 142 valence electrons. The van der Waals surface area contributed by atoms with Crippen molar-refractivity contribution in [1.29, 1.82) is 0 Å². The number of rotatable bonds is 4. The van der Waals surface area contributed by atoms with Gasteiger partial charge in [-0.2, -0.15) is 13.2 Å². The Morgan fingerprint density at radius 3 is 2.50 bits per heavy atom. The van der Waals surface area contributed by atoms with Crippen molar-refractivity contribution in [1.82, 2.24) is 4.57 Å². The van der Waals surface area contributed by atoms with E-state index in [0.717, 1.165) is 12.1 Å². The molecular weight excluding hydrogens is 371 g/mol. The molecule has 0 bridgehead atoms. The standard InChI is InChI=1S/C21H14F3NO3/c22-21(23,24)14-6-3-5-13(11-14)12-25-16-8-2-1-7-15(16)18(19(25)20(26)27)17-9-4-10-28-17/h1-11H,12H2,(H,26,27). The Bertz CT molecular complexity index is 1160. The molecule has 28 heavy (non-hydrogen) atoms. The lowest BCUT2D eigenvalue weighted by molar-refractivity contribution is -0.137. The van der Waals surface area contributed by atoms with Crippen LogP contribution in [-0.2, 0) is 12.7 Å². The van der Waals surface area contributed by atoms with Gasteiger partial charge in [0.2, 0.25) is 0 Å². The summed E-state index contributed by atoms with van der Waals surface area (Å²) in [5, 5.41) is 10.5. The maximum absolute atomic E-state index is 13.0. The minimum Gasteiger partial charge on any atom is -0.477 e. The number of nitrogens with zero attached hydrogens (tertiary/aromatic N) is 1. The van der Waals surface area contributed by atoms with Crippen molar-refractivity contribution in [2.24, 2.45) is 0 Å². The number of hydrogen-bond donors (Lipinski definition) is 1. The van der Waals surface area contributed by atoms with Gasteiger partial charge in [-0.1, -0.05) is 30.3 Å². The van der Waals surface area contributed by atoms with Crippen LogP contribution in [0, 0.1) is 0 Å². The molecule has 0 radical (unpaired) electrons. The predicted octanol–water partition coefficient (Wildman–Crippen LogP) is 5.67. The molecule has 0 aliphatic rings. The number of alkyl halides is 3. The number of benzene rings is 2. The minimum absolute atomic E-state index is 0.0211. The topological polar surface area (TPSA) is 55.4 Å². The van der Waals surface area contributed by atoms with Gasteiger partial charge in [0.1, 0.15) is 11.5 Å². The van der Waals surface area contributed by atoms with Crippen LogP contribution in [0.5, 0.6) is 0 Å². The van der Waals surface area contributed by atoms with E-state index in [4.69, 9.17) is 4.42 Å². The number of carboxylic acids is 1. The van der Waals surface area contributed by atoms with E-state index in [1.807, 2.05) is 0 Å². The third-order valence-corrected chi connectivity index (χ3v) is 4.54. The molecular formula is C21H14F3NO3. The number of para-hydroxylation sites is 1. The molecule has 0 fully saturated rings. The van der Waals surface area contributed by atoms with E-state index in [0.29, 0.717) is 27.8 Å². The normalized spacial score (nSPS) is 11.8.